The zero-order valence-corrected chi connectivity index (χ0v) is 9.99. The Labute approximate surface area is 92.2 Å². The van der Waals surface area contributed by atoms with Crippen molar-refractivity contribution in [3.63, 3.8) is 0 Å². The molecule has 3 atom stereocenters. The number of carbonyl (C=O) groups excluding carboxylic acids is 1. The van der Waals surface area contributed by atoms with Crippen LogP contribution in [-0.2, 0) is 4.79 Å². The maximum Gasteiger partial charge on any atom is 0.251 e. The maximum atomic E-state index is 11.7. The van der Waals surface area contributed by atoms with E-state index in [1.54, 1.807) is 0 Å². The molecule has 0 saturated carbocycles. The smallest absolute Gasteiger partial charge is 0.251 e. The molecule has 0 radical (unpaired) electrons. The Balaban J connectivity index is 2.51. The molecule has 15 heavy (non-hydrogen) atoms. The van der Waals surface area contributed by atoms with Crippen molar-refractivity contribution in [3.8, 4) is 0 Å². The summed E-state index contributed by atoms with van der Waals surface area (Å²) < 4.78 is 0. The van der Waals surface area contributed by atoms with Crippen LogP contribution in [0.1, 0.15) is 46.5 Å². The van der Waals surface area contributed by atoms with Gasteiger partial charge in [0.15, 0.2) is 0 Å². The summed E-state index contributed by atoms with van der Waals surface area (Å²) in [6, 6.07) is 0.454. The fourth-order valence-corrected chi connectivity index (χ4v) is 2.04. The second-order valence-electron chi connectivity index (χ2n) is 4.53. The zero-order valence-electron chi connectivity index (χ0n) is 9.99. The van der Waals surface area contributed by atoms with Crippen LogP contribution in [0.4, 0.5) is 0 Å². The highest BCUT2D eigenvalue weighted by atomic mass is 16.2. The van der Waals surface area contributed by atoms with Crippen molar-refractivity contribution in [2.45, 2.75) is 64.6 Å². The quantitative estimate of drug-likeness (QED) is 0.736. The average molecular weight is 213 g/mol. The second kappa shape index (κ2) is 5.47. The Morgan fingerprint density at radius 2 is 2.00 bits per heavy atom. The normalized spacial score (nSPS) is 29.9. The summed E-state index contributed by atoms with van der Waals surface area (Å²) in [5.41, 5.74) is 8.62. The Morgan fingerprint density at radius 1 is 1.47 bits per heavy atom. The summed E-state index contributed by atoms with van der Waals surface area (Å²) in [5.74, 6) is -0.0573. The lowest BCUT2D eigenvalue weighted by Gasteiger charge is -2.39. The number of carbonyl (C=O) groups is 1. The Morgan fingerprint density at radius 3 is 2.47 bits per heavy atom. The van der Waals surface area contributed by atoms with Crippen molar-refractivity contribution in [1.29, 1.82) is 0 Å². The molecule has 1 aliphatic heterocycles. The van der Waals surface area contributed by atoms with Crippen LogP contribution in [0.2, 0.25) is 0 Å². The predicted molar refractivity (Wildman–Crippen MR) is 61.0 cm³/mol. The van der Waals surface area contributed by atoms with Crippen LogP contribution in [0.3, 0.4) is 0 Å². The summed E-state index contributed by atoms with van der Waals surface area (Å²) >= 11 is 0. The standard InChI is InChI=1S/C11H23N3O/c1-4-10(12)11(15)13-14-8(2)6-5-7-9(14)3/h8-10H,4-7,12H2,1-3H3,(H,13,15). The largest absolute Gasteiger partial charge is 0.320 e. The van der Waals surface area contributed by atoms with Crippen LogP contribution in [0.25, 0.3) is 0 Å². The first kappa shape index (κ1) is 12.5. The van der Waals surface area contributed by atoms with E-state index >= 15 is 0 Å². The van der Waals surface area contributed by atoms with Gasteiger partial charge in [0.25, 0.3) is 5.91 Å². The lowest BCUT2D eigenvalue weighted by atomic mass is 10.00. The highest BCUT2D eigenvalue weighted by Crippen LogP contribution is 2.20. The summed E-state index contributed by atoms with van der Waals surface area (Å²) in [6.45, 7) is 6.22. The zero-order chi connectivity index (χ0) is 11.4. The van der Waals surface area contributed by atoms with E-state index in [4.69, 9.17) is 5.73 Å². The van der Waals surface area contributed by atoms with Gasteiger partial charge in [-0.1, -0.05) is 13.3 Å². The van der Waals surface area contributed by atoms with Crippen molar-refractivity contribution in [2.75, 3.05) is 0 Å². The number of hydrogen-bond acceptors (Lipinski definition) is 3. The molecule has 1 rings (SSSR count). The molecule has 0 aromatic rings. The minimum atomic E-state index is -0.383. The van der Waals surface area contributed by atoms with E-state index in [-0.39, 0.29) is 11.9 Å². The Hall–Kier alpha value is -0.610. The van der Waals surface area contributed by atoms with E-state index in [9.17, 15) is 4.79 Å². The number of rotatable bonds is 3. The first-order valence-corrected chi connectivity index (χ1v) is 5.90. The third-order valence-corrected chi connectivity index (χ3v) is 3.21. The van der Waals surface area contributed by atoms with Crippen LogP contribution in [0, 0.1) is 0 Å². The van der Waals surface area contributed by atoms with Gasteiger partial charge in [0.2, 0.25) is 0 Å². The first-order valence-electron chi connectivity index (χ1n) is 5.90. The fourth-order valence-electron chi connectivity index (χ4n) is 2.04. The Bertz CT molecular complexity index is 210. The minimum absolute atomic E-state index is 0.0573. The highest BCUT2D eigenvalue weighted by Gasteiger charge is 2.27. The molecule has 0 bridgehead atoms. The molecular formula is C11H23N3O. The topological polar surface area (TPSA) is 58.4 Å². The lowest BCUT2D eigenvalue weighted by molar-refractivity contribution is -0.130. The number of amides is 1. The second-order valence-corrected chi connectivity index (χ2v) is 4.53. The van der Waals surface area contributed by atoms with Crippen molar-refractivity contribution < 1.29 is 4.79 Å². The van der Waals surface area contributed by atoms with Crippen molar-refractivity contribution in [3.05, 3.63) is 0 Å². The van der Waals surface area contributed by atoms with Crippen molar-refractivity contribution in [1.82, 2.24) is 10.4 Å². The molecule has 3 unspecified atom stereocenters. The van der Waals surface area contributed by atoms with Gasteiger partial charge in [-0.2, -0.15) is 0 Å². The maximum absolute atomic E-state index is 11.7. The molecule has 3 N–H and O–H groups in total. The SMILES string of the molecule is CCC(N)C(=O)NN1C(C)CCCC1C. The number of hydrazine groups is 1. The van der Waals surface area contributed by atoms with E-state index in [2.05, 4.69) is 24.3 Å². The van der Waals surface area contributed by atoms with Crippen LogP contribution in [0.15, 0.2) is 0 Å². The number of nitrogens with one attached hydrogen (secondary N) is 1. The molecule has 4 nitrogen and oxygen atoms in total. The van der Waals surface area contributed by atoms with Crippen molar-refractivity contribution in [2.24, 2.45) is 5.73 Å². The molecule has 0 aromatic carbocycles. The van der Waals surface area contributed by atoms with Gasteiger partial charge < -0.3 is 5.73 Å². The summed E-state index contributed by atoms with van der Waals surface area (Å²) in [7, 11) is 0. The molecular weight excluding hydrogens is 190 g/mol. The van der Waals surface area contributed by atoms with Crippen LogP contribution in [-0.4, -0.2) is 29.0 Å². The molecule has 0 spiro atoms. The van der Waals surface area contributed by atoms with Crippen LogP contribution in [0.5, 0.6) is 0 Å². The third kappa shape index (κ3) is 3.18. The highest BCUT2D eigenvalue weighted by molar-refractivity contribution is 5.80. The minimum Gasteiger partial charge on any atom is -0.320 e. The van der Waals surface area contributed by atoms with Gasteiger partial charge in [-0.3, -0.25) is 10.2 Å². The molecule has 1 fully saturated rings. The van der Waals surface area contributed by atoms with Gasteiger partial charge in [-0.15, -0.1) is 0 Å². The average Bonchev–Trinajstić information content (AvgIpc) is 2.22. The molecule has 88 valence electrons. The molecule has 1 aliphatic rings. The van der Waals surface area contributed by atoms with E-state index < -0.39 is 0 Å². The molecule has 1 heterocycles. The van der Waals surface area contributed by atoms with Crippen LogP contribution < -0.4 is 11.2 Å². The number of hydrogen-bond donors (Lipinski definition) is 2. The Kier molecular flexibility index (Phi) is 4.54. The monoisotopic (exact) mass is 213 g/mol. The molecule has 1 amide bonds. The van der Waals surface area contributed by atoms with Gasteiger partial charge in [-0.05, 0) is 33.1 Å². The van der Waals surface area contributed by atoms with Crippen molar-refractivity contribution >= 4 is 5.91 Å². The first-order chi connectivity index (χ1) is 7.06. The summed E-state index contributed by atoms with van der Waals surface area (Å²) in [6.07, 6.45) is 4.22. The molecule has 0 aromatic heterocycles. The number of nitrogens with two attached hydrogens (primary N) is 1. The van der Waals surface area contributed by atoms with E-state index in [0.29, 0.717) is 18.5 Å². The van der Waals surface area contributed by atoms with Gasteiger partial charge >= 0.3 is 0 Å². The van der Waals surface area contributed by atoms with Gasteiger partial charge in [-0.25, -0.2) is 5.01 Å². The third-order valence-electron chi connectivity index (χ3n) is 3.21. The van der Waals surface area contributed by atoms with Gasteiger partial charge in [0.1, 0.15) is 0 Å². The van der Waals surface area contributed by atoms with E-state index in [1.807, 2.05) is 6.92 Å². The predicted octanol–water partition coefficient (Wildman–Crippen LogP) is 1.02. The number of piperidine rings is 1. The van der Waals surface area contributed by atoms with Gasteiger partial charge in [0, 0.05) is 12.1 Å². The van der Waals surface area contributed by atoms with E-state index in [0.717, 1.165) is 12.8 Å². The summed E-state index contributed by atoms with van der Waals surface area (Å²) in [4.78, 5) is 11.7. The molecule has 4 heteroatoms. The summed E-state index contributed by atoms with van der Waals surface area (Å²) in [5, 5.41) is 2.06. The van der Waals surface area contributed by atoms with Crippen LogP contribution >= 0.6 is 0 Å². The lowest BCUT2D eigenvalue weighted by Crippen LogP contribution is -2.57. The molecule has 0 aliphatic carbocycles. The van der Waals surface area contributed by atoms with Gasteiger partial charge in [0.05, 0.1) is 6.04 Å². The molecule has 1 saturated heterocycles. The van der Waals surface area contributed by atoms with E-state index in [1.165, 1.54) is 6.42 Å². The fraction of sp³-hybridized carbons (Fsp3) is 0.909. The number of nitrogens with zero attached hydrogens (tertiary/aromatic N) is 1.